The van der Waals surface area contributed by atoms with Crippen LogP contribution in [0.4, 0.5) is 0 Å². The Bertz CT molecular complexity index is 850. The van der Waals surface area contributed by atoms with Crippen molar-refractivity contribution in [1.82, 2.24) is 9.97 Å². The van der Waals surface area contributed by atoms with Crippen molar-refractivity contribution in [2.75, 3.05) is 0 Å². The number of aromatic amines is 1. The fourth-order valence-electron chi connectivity index (χ4n) is 4.25. The van der Waals surface area contributed by atoms with E-state index in [1.165, 1.54) is 55.2 Å². The second kappa shape index (κ2) is 7.72. The third-order valence-corrected chi connectivity index (χ3v) is 6.22. The summed E-state index contributed by atoms with van der Waals surface area (Å²) in [6, 6.07) is 17.7. The number of hydrogen-bond donors (Lipinski definition) is 1. The Labute approximate surface area is 163 Å². The summed E-state index contributed by atoms with van der Waals surface area (Å²) >= 11 is 0. The van der Waals surface area contributed by atoms with Gasteiger partial charge in [0.1, 0.15) is 5.82 Å². The first kappa shape index (κ1) is 18.0. The quantitative estimate of drug-likeness (QED) is 0.528. The van der Waals surface area contributed by atoms with Gasteiger partial charge in [-0.3, -0.25) is 0 Å². The van der Waals surface area contributed by atoms with Crippen LogP contribution < -0.4 is 0 Å². The molecule has 1 aromatic heterocycles. The predicted molar refractivity (Wildman–Crippen MR) is 114 cm³/mol. The van der Waals surface area contributed by atoms with Crippen molar-refractivity contribution in [2.45, 2.75) is 52.4 Å². The highest BCUT2D eigenvalue weighted by atomic mass is 14.9. The van der Waals surface area contributed by atoms with Gasteiger partial charge in [0.05, 0.1) is 0 Å². The highest BCUT2D eigenvalue weighted by Crippen LogP contribution is 2.39. The molecule has 27 heavy (non-hydrogen) atoms. The fourth-order valence-corrected chi connectivity index (χ4v) is 4.25. The normalized spacial score (nSPS) is 17.1. The van der Waals surface area contributed by atoms with Crippen LogP contribution in [0.2, 0.25) is 0 Å². The topological polar surface area (TPSA) is 28.7 Å². The van der Waals surface area contributed by atoms with E-state index < -0.39 is 0 Å². The minimum Gasteiger partial charge on any atom is -0.345 e. The summed E-state index contributed by atoms with van der Waals surface area (Å²) in [4.78, 5) is 7.54. The van der Waals surface area contributed by atoms with Gasteiger partial charge in [-0.15, -0.1) is 0 Å². The fraction of sp³-hybridized carbons (Fsp3) is 0.400. The number of nitrogens with one attached hydrogen (secondary N) is 1. The molecule has 140 valence electrons. The van der Waals surface area contributed by atoms with Gasteiger partial charge in [0.15, 0.2) is 0 Å². The maximum absolute atomic E-state index is 4.36. The van der Waals surface area contributed by atoms with Crippen LogP contribution in [-0.2, 0) is 6.42 Å². The van der Waals surface area contributed by atoms with Crippen molar-refractivity contribution in [3.8, 4) is 22.5 Å². The van der Waals surface area contributed by atoms with Crippen LogP contribution >= 0.6 is 0 Å². The molecule has 3 aromatic rings. The Morgan fingerprint density at radius 2 is 1.70 bits per heavy atom. The summed E-state index contributed by atoms with van der Waals surface area (Å²) in [7, 11) is 0. The third kappa shape index (κ3) is 4.50. The maximum Gasteiger partial charge on any atom is 0.137 e. The lowest BCUT2D eigenvalue weighted by atomic mass is 9.72. The monoisotopic (exact) mass is 358 g/mol. The molecule has 0 unspecified atom stereocenters. The molecule has 0 saturated heterocycles. The van der Waals surface area contributed by atoms with Gasteiger partial charge in [0.2, 0.25) is 0 Å². The molecule has 1 N–H and O–H groups in total. The lowest BCUT2D eigenvalue weighted by molar-refractivity contribution is 0.185. The van der Waals surface area contributed by atoms with Gasteiger partial charge in [0.25, 0.3) is 0 Å². The van der Waals surface area contributed by atoms with Gasteiger partial charge in [-0.25, -0.2) is 4.98 Å². The van der Waals surface area contributed by atoms with E-state index in [9.17, 15) is 0 Å². The average Bonchev–Trinajstić information content (AvgIpc) is 3.23. The molecule has 2 nitrogen and oxygen atoms in total. The minimum atomic E-state index is 0.572. The van der Waals surface area contributed by atoms with Crippen LogP contribution in [0.1, 0.15) is 51.5 Å². The summed E-state index contributed by atoms with van der Waals surface area (Å²) in [6.07, 6.45) is 11.8. The van der Waals surface area contributed by atoms with E-state index in [4.69, 9.17) is 0 Å². The molecule has 0 amide bonds. The average molecular weight is 359 g/mol. The summed E-state index contributed by atoms with van der Waals surface area (Å²) in [5.74, 6) is 1.84. The first-order chi connectivity index (χ1) is 13.1. The van der Waals surface area contributed by atoms with E-state index in [0.29, 0.717) is 5.41 Å². The molecular formula is C25H30N2. The summed E-state index contributed by atoms with van der Waals surface area (Å²) in [6.45, 7) is 4.84. The van der Waals surface area contributed by atoms with Crippen molar-refractivity contribution in [3.63, 3.8) is 0 Å². The molecule has 0 aliphatic heterocycles. The molecule has 2 heteroatoms. The number of aryl methyl sites for hydroxylation is 1. The van der Waals surface area contributed by atoms with Crippen molar-refractivity contribution in [3.05, 3.63) is 66.5 Å². The first-order valence-electron chi connectivity index (χ1n) is 10.3. The molecule has 1 heterocycles. The molecule has 1 aliphatic rings. The van der Waals surface area contributed by atoms with Crippen molar-refractivity contribution >= 4 is 0 Å². The zero-order valence-corrected chi connectivity index (χ0v) is 16.5. The van der Waals surface area contributed by atoms with Crippen LogP contribution in [-0.4, -0.2) is 9.97 Å². The smallest absolute Gasteiger partial charge is 0.137 e. The van der Waals surface area contributed by atoms with Crippen molar-refractivity contribution < 1.29 is 0 Å². The van der Waals surface area contributed by atoms with E-state index in [-0.39, 0.29) is 0 Å². The number of aromatic nitrogens is 2. The van der Waals surface area contributed by atoms with Crippen molar-refractivity contribution in [2.24, 2.45) is 11.3 Å². The zero-order chi connectivity index (χ0) is 18.7. The molecule has 0 spiro atoms. The lowest BCUT2D eigenvalue weighted by Gasteiger charge is -2.34. The van der Waals surface area contributed by atoms with Crippen LogP contribution in [0.3, 0.4) is 0 Å². The number of nitrogens with zero attached hydrogens (tertiary/aromatic N) is 1. The van der Waals surface area contributed by atoms with Gasteiger partial charge >= 0.3 is 0 Å². The number of hydrogen-bond acceptors (Lipinski definition) is 1. The van der Waals surface area contributed by atoms with Crippen LogP contribution in [0, 0.1) is 11.3 Å². The second-order valence-corrected chi connectivity index (χ2v) is 8.86. The van der Waals surface area contributed by atoms with Crippen LogP contribution in [0.5, 0.6) is 0 Å². The molecule has 4 rings (SSSR count). The second-order valence-electron chi connectivity index (χ2n) is 8.86. The maximum atomic E-state index is 4.36. The Hall–Kier alpha value is -2.35. The summed E-state index contributed by atoms with van der Waals surface area (Å²) in [5.41, 5.74) is 5.67. The van der Waals surface area contributed by atoms with Crippen molar-refractivity contribution in [1.29, 1.82) is 0 Å². The summed E-state index contributed by atoms with van der Waals surface area (Å²) in [5, 5.41) is 0. The lowest BCUT2D eigenvalue weighted by Crippen LogP contribution is -2.21. The van der Waals surface area contributed by atoms with Crippen LogP contribution in [0.25, 0.3) is 22.5 Å². The molecule has 1 aliphatic carbocycles. The van der Waals surface area contributed by atoms with E-state index in [2.05, 4.69) is 72.3 Å². The molecule has 1 fully saturated rings. The number of rotatable bonds is 5. The van der Waals surface area contributed by atoms with E-state index >= 15 is 0 Å². The summed E-state index contributed by atoms with van der Waals surface area (Å²) < 4.78 is 0. The minimum absolute atomic E-state index is 0.572. The van der Waals surface area contributed by atoms with Gasteiger partial charge in [0, 0.05) is 18.0 Å². The molecule has 2 aromatic carbocycles. The number of imidazole rings is 1. The highest BCUT2D eigenvalue weighted by molar-refractivity contribution is 5.70. The molecular weight excluding hydrogens is 328 g/mol. The Balaban J connectivity index is 1.39. The van der Waals surface area contributed by atoms with Gasteiger partial charge in [-0.1, -0.05) is 56.3 Å². The molecule has 0 radical (unpaired) electrons. The van der Waals surface area contributed by atoms with E-state index in [0.717, 1.165) is 17.3 Å². The first-order valence-corrected chi connectivity index (χ1v) is 10.3. The highest BCUT2D eigenvalue weighted by Gasteiger charge is 2.26. The largest absolute Gasteiger partial charge is 0.345 e. The van der Waals surface area contributed by atoms with Gasteiger partial charge < -0.3 is 4.98 Å². The van der Waals surface area contributed by atoms with E-state index in [1.54, 1.807) is 6.20 Å². The van der Waals surface area contributed by atoms with Gasteiger partial charge in [-0.05, 0) is 72.6 Å². The molecule has 0 bridgehead atoms. The van der Waals surface area contributed by atoms with Gasteiger partial charge in [-0.2, -0.15) is 0 Å². The molecule has 1 saturated carbocycles. The predicted octanol–water partition coefficient (Wildman–Crippen LogP) is 6.89. The standard InChI is InChI=1S/C25H30N2/c1-25(2)14-12-20(13-15-25)7-6-19-8-10-21(11-9-19)22-4-3-5-23(18-22)24-26-16-17-27-24/h3-5,8-11,16-18,20H,6-7,12-15H2,1-2H3,(H,26,27). The Morgan fingerprint density at radius 3 is 2.41 bits per heavy atom. The SMILES string of the molecule is CC1(C)CCC(CCc2ccc(-c3cccc(-c4ncc[nH]4)c3)cc2)CC1. The Kier molecular flexibility index (Phi) is 5.15. The Morgan fingerprint density at radius 1 is 0.963 bits per heavy atom. The number of benzene rings is 2. The number of H-pyrrole nitrogens is 1. The molecule has 0 atom stereocenters. The van der Waals surface area contributed by atoms with Crippen LogP contribution in [0.15, 0.2) is 60.9 Å². The van der Waals surface area contributed by atoms with E-state index in [1.807, 2.05) is 6.20 Å². The zero-order valence-electron chi connectivity index (χ0n) is 16.5. The third-order valence-electron chi connectivity index (χ3n) is 6.22.